The molecule has 2 atom stereocenters. The molecule has 0 radical (unpaired) electrons. The Bertz CT molecular complexity index is 584. The lowest BCUT2D eigenvalue weighted by atomic mass is 9.97. The summed E-state index contributed by atoms with van der Waals surface area (Å²) in [6, 6.07) is 0.752. The number of nitrogens with zero attached hydrogens (tertiary/aromatic N) is 5. The van der Waals surface area contributed by atoms with Crippen LogP contribution < -0.4 is 0 Å². The minimum absolute atomic E-state index is 0.278. The normalized spacial score (nSPS) is 28.7. The molecule has 2 aliphatic heterocycles. The molecule has 4 rings (SSSR count). The molecule has 126 valence electrons. The predicted molar refractivity (Wildman–Crippen MR) is 86.9 cm³/mol. The van der Waals surface area contributed by atoms with Gasteiger partial charge in [0.05, 0.1) is 13.1 Å². The Morgan fingerprint density at radius 1 is 1.09 bits per heavy atom. The lowest BCUT2D eigenvalue weighted by molar-refractivity contribution is -0.138. The molecule has 23 heavy (non-hydrogen) atoms. The van der Waals surface area contributed by atoms with Gasteiger partial charge in [0.2, 0.25) is 5.91 Å². The van der Waals surface area contributed by atoms with Crippen LogP contribution in [0.25, 0.3) is 0 Å². The van der Waals surface area contributed by atoms with Crippen LogP contribution in [0.5, 0.6) is 0 Å². The fraction of sp³-hybridized carbons (Fsp3) is 0.824. The lowest BCUT2D eigenvalue weighted by Crippen LogP contribution is -2.51. The van der Waals surface area contributed by atoms with Crippen LogP contribution in [0, 0.1) is 0 Å². The molecule has 1 saturated carbocycles. The van der Waals surface area contributed by atoms with Crippen LogP contribution in [0.4, 0.5) is 0 Å². The monoisotopic (exact) mass is 317 g/mol. The van der Waals surface area contributed by atoms with Gasteiger partial charge in [-0.3, -0.25) is 9.69 Å². The zero-order chi connectivity index (χ0) is 16.0. The van der Waals surface area contributed by atoms with Gasteiger partial charge in [-0.15, -0.1) is 10.2 Å². The molecule has 3 aliphatic rings. The van der Waals surface area contributed by atoms with E-state index in [9.17, 15) is 4.79 Å². The van der Waals surface area contributed by atoms with Crippen molar-refractivity contribution in [3.8, 4) is 0 Å². The average molecular weight is 317 g/mol. The number of carbonyl (C=O) groups is 1. The molecule has 6 heteroatoms. The van der Waals surface area contributed by atoms with Crippen LogP contribution in [0.15, 0.2) is 0 Å². The Hall–Kier alpha value is -1.43. The fourth-order valence-corrected chi connectivity index (χ4v) is 4.19. The second-order valence-electron chi connectivity index (χ2n) is 7.54. The SMILES string of the molecule is C[C@@H]1CCC[C@@H](C)N1C(=O)CN1CCn2c(nnc2C2CC2)C1. The molecule has 0 aromatic carbocycles. The van der Waals surface area contributed by atoms with Crippen LogP contribution in [-0.4, -0.2) is 55.6 Å². The summed E-state index contributed by atoms with van der Waals surface area (Å²) in [7, 11) is 0. The molecule has 0 unspecified atom stereocenters. The molecule has 1 saturated heterocycles. The van der Waals surface area contributed by atoms with Gasteiger partial charge < -0.3 is 9.47 Å². The number of fused-ring (bicyclic) bond motifs is 1. The van der Waals surface area contributed by atoms with Gasteiger partial charge in [0.15, 0.2) is 0 Å². The third kappa shape index (κ3) is 2.89. The van der Waals surface area contributed by atoms with Gasteiger partial charge in [-0.1, -0.05) is 0 Å². The Labute approximate surface area is 137 Å². The molecular formula is C17H27N5O. The third-order valence-corrected chi connectivity index (χ3v) is 5.64. The van der Waals surface area contributed by atoms with Gasteiger partial charge in [-0.05, 0) is 46.0 Å². The van der Waals surface area contributed by atoms with Gasteiger partial charge in [-0.25, -0.2) is 0 Å². The van der Waals surface area contributed by atoms with E-state index in [0.29, 0.717) is 24.5 Å². The summed E-state index contributed by atoms with van der Waals surface area (Å²) in [4.78, 5) is 17.1. The van der Waals surface area contributed by atoms with Crippen molar-refractivity contribution in [2.45, 2.75) is 77.0 Å². The first kappa shape index (κ1) is 15.1. The highest BCUT2D eigenvalue weighted by molar-refractivity contribution is 5.79. The number of rotatable bonds is 3. The first-order valence-corrected chi connectivity index (χ1v) is 9.09. The molecule has 1 amide bonds. The van der Waals surface area contributed by atoms with E-state index in [1.807, 2.05) is 0 Å². The Kier molecular flexibility index (Phi) is 3.87. The average Bonchev–Trinajstić information content (AvgIpc) is 3.27. The van der Waals surface area contributed by atoms with E-state index in [0.717, 1.165) is 38.3 Å². The lowest BCUT2D eigenvalue weighted by Gasteiger charge is -2.40. The van der Waals surface area contributed by atoms with Crippen LogP contribution >= 0.6 is 0 Å². The zero-order valence-corrected chi connectivity index (χ0v) is 14.2. The maximum absolute atomic E-state index is 12.8. The van der Waals surface area contributed by atoms with Gasteiger partial charge in [-0.2, -0.15) is 0 Å². The van der Waals surface area contributed by atoms with Crippen LogP contribution in [0.1, 0.15) is 63.5 Å². The fourth-order valence-electron chi connectivity index (χ4n) is 4.19. The van der Waals surface area contributed by atoms with Gasteiger partial charge in [0.25, 0.3) is 0 Å². The molecule has 3 heterocycles. The Morgan fingerprint density at radius 3 is 2.52 bits per heavy atom. The number of likely N-dealkylation sites (tertiary alicyclic amines) is 1. The summed E-state index contributed by atoms with van der Waals surface area (Å²) in [5.74, 6) is 3.12. The first-order chi connectivity index (χ1) is 11.1. The van der Waals surface area contributed by atoms with Gasteiger partial charge >= 0.3 is 0 Å². The van der Waals surface area contributed by atoms with E-state index < -0.39 is 0 Å². The minimum Gasteiger partial charge on any atom is -0.336 e. The molecule has 0 spiro atoms. The number of aromatic nitrogens is 3. The Morgan fingerprint density at radius 2 is 1.83 bits per heavy atom. The predicted octanol–water partition coefficient (Wildman–Crippen LogP) is 1.76. The summed E-state index contributed by atoms with van der Waals surface area (Å²) in [5, 5.41) is 8.74. The van der Waals surface area contributed by atoms with Gasteiger partial charge in [0, 0.05) is 31.1 Å². The number of amides is 1. The van der Waals surface area contributed by atoms with E-state index in [1.165, 1.54) is 25.1 Å². The van der Waals surface area contributed by atoms with Crippen molar-refractivity contribution >= 4 is 5.91 Å². The van der Waals surface area contributed by atoms with Crippen LogP contribution in [0.3, 0.4) is 0 Å². The van der Waals surface area contributed by atoms with E-state index in [1.54, 1.807) is 0 Å². The molecular weight excluding hydrogens is 290 g/mol. The van der Waals surface area contributed by atoms with E-state index in [-0.39, 0.29) is 5.91 Å². The first-order valence-electron chi connectivity index (χ1n) is 9.09. The third-order valence-electron chi connectivity index (χ3n) is 5.64. The smallest absolute Gasteiger partial charge is 0.237 e. The second kappa shape index (κ2) is 5.89. The van der Waals surface area contributed by atoms with Crippen LogP contribution in [0.2, 0.25) is 0 Å². The van der Waals surface area contributed by atoms with Crippen molar-refractivity contribution in [3.63, 3.8) is 0 Å². The van der Waals surface area contributed by atoms with Crippen molar-refractivity contribution in [1.82, 2.24) is 24.6 Å². The highest BCUT2D eigenvalue weighted by Crippen LogP contribution is 2.39. The minimum atomic E-state index is 0.278. The van der Waals surface area contributed by atoms with Crippen molar-refractivity contribution in [1.29, 1.82) is 0 Å². The van der Waals surface area contributed by atoms with Crippen LogP contribution in [-0.2, 0) is 17.9 Å². The van der Waals surface area contributed by atoms with Crippen molar-refractivity contribution in [2.75, 3.05) is 13.1 Å². The largest absolute Gasteiger partial charge is 0.336 e. The molecule has 1 aliphatic carbocycles. The number of piperidine rings is 1. The molecule has 6 nitrogen and oxygen atoms in total. The number of carbonyl (C=O) groups excluding carboxylic acids is 1. The number of hydrogen-bond acceptors (Lipinski definition) is 4. The van der Waals surface area contributed by atoms with Gasteiger partial charge in [0.1, 0.15) is 11.6 Å². The highest BCUT2D eigenvalue weighted by Gasteiger charge is 2.34. The van der Waals surface area contributed by atoms with E-state index in [2.05, 4.69) is 38.4 Å². The Balaban J connectivity index is 1.40. The van der Waals surface area contributed by atoms with Crippen molar-refractivity contribution < 1.29 is 4.79 Å². The van der Waals surface area contributed by atoms with Crippen molar-refractivity contribution in [3.05, 3.63) is 11.6 Å². The van der Waals surface area contributed by atoms with E-state index in [4.69, 9.17) is 0 Å². The maximum atomic E-state index is 12.8. The summed E-state index contributed by atoms with van der Waals surface area (Å²) in [5.41, 5.74) is 0. The summed E-state index contributed by atoms with van der Waals surface area (Å²) < 4.78 is 2.28. The highest BCUT2D eigenvalue weighted by atomic mass is 16.2. The summed E-state index contributed by atoms with van der Waals surface area (Å²) in [6.07, 6.45) is 6.02. The standard InChI is InChI=1S/C17H27N5O/c1-12-4-3-5-13(2)22(12)16(23)11-20-8-9-21-15(10-20)18-19-17(21)14-6-7-14/h12-14H,3-11H2,1-2H3/t12-,13-/m1/s1. The van der Waals surface area contributed by atoms with Crippen molar-refractivity contribution in [2.24, 2.45) is 0 Å². The molecule has 1 aromatic rings. The summed E-state index contributed by atoms with van der Waals surface area (Å²) in [6.45, 7) is 7.48. The topological polar surface area (TPSA) is 54.3 Å². The molecule has 2 fully saturated rings. The number of hydrogen-bond donors (Lipinski definition) is 0. The second-order valence-corrected chi connectivity index (χ2v) is 7.54. The molecule has 0 bridgehead atoms. The summed E-state index contributed by atoms with van der Waals surface area (Å²) >= 11 is 0. The zero-order valence-electron chi connectivity index (χ0n) is 14.2. The molecule has 0 N–H and O–H groups in total. The maximum Gasteiger partial charge on any atom is 0.237 e. The molecule has 1 aromatic heterocycles. The van der Waals surface area contributed by atoms with E-state index >= 15 is 0 Å². The quantitative estimate of drug-likeness (QED) is 0.852.